The predicted molar refractivity (Wildman–Crippen MR) is 142 cm³/mol. The predicted octanol–water partition coefficient (Wildman–Crippen LogP) is 5.78. The summed E-state index contributed by atoms with van der Waals surface area (Å²) in [5.41, 5.74) is 1.00. The van der Waals surface area contributed by atoms with Gasteiger partial charge in [-0.3, -0.25) is 0 Å². The summed E-state index contributed by atoms with van der Waals surface area (Å²) >= 11 is 0. The number of aromatic nitrogens is 2. The number of rotatable bonds is 6. The molecule has 2 N–H and O–H groups in total. The molecule has 1 fully saturated rings. The average Bonchev–Trinajstić information content (AvgIpc) is 2.89. The first-order chi connectivity index (χ1) is 16.5. The number of para-hydroxylation sites is 1. The number of nitrogens with one attached hydrogen (secondary N) is 2. The Labute approximate surface area is 206 Å². The number of hydrogen-bond acceptors (Lipinski definition) is 5. The zero-order valence-corrected chi connectivity index (χ0v) is 21.8. The van der Waals surface area contributed by atoms with Crippen LogP contribution in [0.4, 0.5) is 16.2 Å². The molecule has 3 aromatic rings. The van der Waals surface area contributed by atoms with E-state index in [9.17, 15) is 8.60 Å². The lowest BCUT2D eigenvalue weighted by Gasteiger charge is -2.22. The summed E-state index contributed by atoms with van der Waals surface area (Å²) in [6, 6.07) is 14.2. The molecule has 6 nitrogen and oxygen atoms in total. The maximum absolute atomic E-state index is 12.8. The van der Waals surface area contributed by atoms with Crippen molar-refractivity contribution in [3.63, 3.8) is 0 Å². The molecule has 4 rings (SSSR count). The molecule has 0 radical (unpaired) electrons. The van der Waals surface area contributed by atoms with E-state index < -0.39 is 16.8 Å². The number of benzene rings is 2. The quantitative estimate of drug-likeness (QED) is 0.461. The third-order valence-corrected chi connectivity index (χ3v) is 6.60. The molecule has 1 atom stereocenters. The second-order valence-corrected chi connectivity index (χ2v) is 9.46. The lowest BCUT2D eigenvalue weighted by atomic mass is 9.89. The van der Waals surface area contributed by atoms with E-state index in [1.54, 1.807) is 12.1 Å². The van der Waals surface area contributed by atoms with Gasteiger partial charge in [0.2, 0.25) is 5.95 Å². The number of nitrogens with zero attached hydrogens (tertiary/aromatic N) is 3. The highest BCUT2D eigenvalue weighted by Crippen LogP contribution is 2.26. The van der Waals surface area contributed by atoms with Gasteiger partial charge in [-0.05, 0) is 50.1 Å². The summed E-state index contributed by atoms with van der Waals surface area (Å²) in [7, 11) is 4.14. The lowest BCUT2D eigenvalue weighted by molar-refractivity contribution is 0.373. The van der Waals surface area contributed by atoms with Gasteiger partial charge in [-0.1, -0.05) is 57.4 Å². The summed E-state index contributed by atoms with van der Waals surface area (Å²) in [4.78, 5) is 11.6. The van der Waals surface area contributed by atoms with Crippen molar-refractivity contribution in [2.24, 2.45) is 5.92 Å². The zero-order valence-electron chi connectivity index (χ0n) is 21.0. The second-order valence-electron chi connectivity index (χ2n) is 8.07. The monoisotopic (exact) mass is 487 g/mol. The second kappa shape index (κ2) is 14.6. The van der Waals surface area contributed by atoms with Crippen molar-refractivity contribution in [3.05, 3.63) is 54.3 Å². The molecule has 34 heavy (non-hydrogen) atoms. The Kier molecular flexibility index (Phi) is 11.9. The third kappa shape index (κ3) is 8.02. The van der Waals surface area contributed by atoms with Crippen LogP contribution in [0.3, 0.4) is 0 Å². The van der Waals surface area contributed by atoms with Crippen LogP contribution in [0.25, 0.3) is 10.9 Å². The molecule has 0 amide bonds. The molecule has 0 bridgehead atoms. The van der Waals surface area contributed by atoms with E-state index in [4.69, 9.17) is 0 Å². The first-order valence-electron chi connectivity index (χ1n) is 12.0. The fourth-order valence-electron chi connectivity index (χ4n) is 3.81. The SMILES string of the molecule is CC.CN(C)c1nc(NCC2CCCCC2)nc2ccccc12.CNS(=O)c1ccccc1F. The van der Waals surface area contributed by atoms with E-state index in [-0.39, 0.29) is 4.90 Å². The number of halogens is 1. The largest absolute Gasteiger partial charge is 0.362 e. The van der Waals surface area contributed by atoms with Gasteiger partial charge in [-0.2, -0.15) is 4.98 Å². The van der Waals surface area contributed by atoms with Crippen LogP contribution in [0, 0.1) is 11.7 Å². The first kappa shape index (κ1) is 27.7. The van der Waals surface area contributed by atoms with Gasteiger partial charge in [-0.15, -0.1) is 0 Å². The molecule has 1 aliphatic carbocycles. The third-order valence-electron chi connectivity index (χ3n) is 5.50. The summed E-state index contributed by atoms with van der Waals surface area (Å²) in [6.45, 7) is 4.99. The maximum atomic E-state index is 12.8. The van der Waals surface area contributed by atoms with Crippen molar-refractivity contribution >= 4 is 33.7 Å². The Balaban J connectivity index is 0.000000266. The number of fused-ring (bicyclic) bond motifs is 1. The minimum atomic E-state index is -1.43. The van der Waals surface area contributed by atoms with Gasteiger partial charge in [0.05, 0.1) is 10.4 Å². The summed E-state index contributed by atoms with van der Waals surface area (Å²) in [6.07, 6.45) is 6.80. The topological polar surface area (TPSA) is 70.2 Å². The molecule has 1 heterocycles. The Hall–Kier alpha value is -2.58. The van der Waals surface area contributed by atoms with Crippen LogP contribution in [0.5, 0.6) is 0 Å². The van der Waals surface area contributed by atoms with Crippen LogP contribution >= 0.6 is 0 Å². The molecular weight excluding hydrogens is 449 g/mol. The van der Waals surface area contributed by atoms with E-state index in [0.29, 0.717) is 0 Å². The minimum Gasteiger partial charge on any atom is -0.362 e. The lowest BCUT2D eigenvalue weighted by Crippen LogP contribution is -2.19. The Morgan fingerprint density at radius 3 is 2.29 bits per heavy atom. The van der Waals surface area contributed by atoms with Gasteiger partial charge < -0.3 is 10.2 Å². The molecule has 0 saturated heterocycles. The molecule has 0 spiro atoms. The Morgan fingerprint density at radius 2 is 1.65 bits per heavy atom. The number of anilines is 2. The highest BCUT2D eigenvalue weighted by atomic mass is 32.2. The molecular formula is C26H38FN5OS. The smallest absolute Gasteiger partial charge is 0.225 e. The van der Waals surface area contributed by atoms with E-state index >= 15 is 0 Å². The van der Waals surface area contributed by atoms with Crippen molar-refractivity contribution in [3.8, 4) is 0 Å². The molecule has 1 saturated carbocycles. The van der Waals surface area contributed by atoms with Crippen LogP contribution in [0.1, 0.15) is 46.0 Å². The fourth-order valence-corrected chi connectivity index (χ4v) is 4.48. The van der Waals surface area contributed by atoms with Crippen LogP contribution in [0.2, 0.25) is 0 Å². The van der Waals surface area contributed by atoms with Crippen LogP contribution < -0.4 is 14.9 Å². The highest BCUT2D eigenvalue weighted by molar-refractivity contribution is 7.83. The Morgan fingerprint density at radius 1 is 1.00 bits per heavy atom. The van der Waals surface area contributed by atoms with Crippen molar-refractivity contribution in [1.82, 2.24) is 14.7 Å². The Bertz CT molecular complexity index is 1040. The summed E-state index contributed by atoms with van der Waals surface area (Å²) < 4.78 is 26.2. The molecule has 8 heteroatoms. The first-order valence-corrected chi connectivity index (χ1v) is 13.2. The molecule has 1 unspecified atom stereocenters. The van der Waals surface area contributed by atoms with Crippen LogP contribution in [-0.4, -0.2) is 41.9 Å². The normalized spacial score (nSPS) is 14.3. The van der Waals surface area contributed by atoms with Crippen molar-refractivity contribution < 1.29 is 8.60 Å². The van der Waals surface area contributed by atoms with Gasteiger partial charge in [0, 0.05) is 26.0 Å². The van der Waals surface area contributed by atoms with Gasteiger partial charge in [0.25, 0.3) is 0 Å². The van der Waals surface area contributed by atoms with E-state index in [2.05, 4.69) is 37.0 Å². The molecule has 1 aliphatic rings. The van der Waals surface area contributed by atoms with Gasteiger partial charge >= 0.3 is 0 Å². The summed E-state index contributed by atoms with van der Waals surface area (Å²) in [5, 5.41) is 4.56. The van der Waals surface area contributed by atoms with Crippen LogP contribution in [-0.2, 0) is 11.0 Å². The standard InChI is InChI=1S/C17H24N4.C7H8FNOS.C2H6/c1-21(2)16-14-10-6-7-11-15(14)19-17(20-16)18-12-13-8-4-3-5-9-13;1-9-11(10)7-5-3-2-4-6(7)8;1-2/h6-7,10-11,13H,3-5,8-9,12H2,1-2H3,(H,18,19,20);2-5,9H,1H3;1-2H3. The van der Waals surface area contributed by atoms with Crippen molar-refractivity contribution in [2.45, 2.75) is 50.8 Å². The molecule has 2 aromatic carbocycles. The summed E-state index contributed by atoms with van der Waals surface area (Å²) in [5.74, 6) is 2.06. The van der Waals surface area contributed by atoms with Crippen molar-refractivity contribution in [2.75, 3.05) is 37.9 Å². The molecule has 0 aliphatic heterocycles. The van der Waals surface area contributed by atoms with E-state index in [1.807, 2.05) is 40.1 Å². The van der Waals surface area contributed by atoms with E-state index in [1.165, 1.54) is 51.3 Å². The van der Waals surface area contributed by atoms with Gasteiger partial charge in [0.15, 0.2) is 0 Å². The van der Waals surface area contributed by atoms with Gasteiger partial charge in [-0.25, -0.2) is 18.3 Å². The zero-order chi connectivity index (χ0) is 24.9. The number of hydrogen-bond donors (Lipinski definition) is 2. The average molecular weight is 488 g/mol. The van der Waals surface area contributed by atoms with E-state index in [0.717, 1.165) is 35.1 Å². The van der Waals surface area contributed by atoms with Crippen molar-refractivity contribution in [1.29, 1.82) is 0 Å². The molecule has 1 aromatic heterocycles. The maximum Gasteiger partial charge on any atom is 0.225 e. The van der Waals surface area contributed by atoms with Gasteiger partial charge in [0.1, 0.15) is 22.6 Å². The highest BCUT2D eigenvalue weighted by Gasteiger charge is 2.14. The van der Waals surface area contributed by atoms with Crippen LogP contribution in [0.15, 0.2) is 53.4 Å². The minimum absolute atomic E-state index is 0.190. The molecule has 186 valence electrons. The fraction of sp³-hybridized carbons (Fsp3) is 0.462.